The molecule has 1 fully saturated rings. The highest BCUT2D eigenvalue weighted by Crippen LogP contribution is 2.35. The van der Waals surface area contributed by atoms with Gasteiger partial charge in [0.15, 0.2) is 0 Å². The van der Waals surface area contributed by atoms with E-state index in [1.807, 2.05) is 61.2 Å². The van der Waals surface area contributed by atoms with Gasteiger partial charge in [-0.05, 0) is 44.7 Å². The van der Waals surface area contributed by atoms with Gasteiger partial charge < -0.3 is 14.4 Å². The minimum atomic E-state index is -0.280. The first-order chi connectivity index (χ1) is 12.6. The van der Waals surface area contributed by atoms with Crippen LogP contribution >= 0.6 is 0 Å². The predicted octanol–water partition coefficient (Wildman–Crippen LogP) is 4.73. The molecule has 0 radical (unpaired) electrons. The second-order valence-electron chi connectivity index (χ2n) is 6.81. The van der Waals surface area contributed by atoms with E-state index in [9.17, 15) is 4.79 Å². The third-order valence-corrected chi connectivity index (χ3v) is 4.45. The summed E-state index contributed by atoms with van der Waals surface area (Å²) in [6, 6.07) is 13.6. The molecule has 1 saturated heterocycles. The Labute approximate surface area is 155 Å². The standard InChI is InChI=1S/C21H26N2O3/c1-16(2)26-20-18(11-8-13-22-20)19-12-6-7-14-23(19)21(24)25-15-17-9-4-3-5-10-17/h3-5,8-11,13,16,19H,6-7,12,14-15H2,1-2H3. The Kier molecular flexibility index (Phi) is 6.10. The summed E-state index contributed by atoms with van der Waals surface area (Å²) in [6.07, 6.45) is 4.42. The summed E-state index contributed by atoms with van der Waals surface area (Å²) in [7, 11) is 0. The van der Waals surface area contributed by atoms with Crippen LogP contribution in [0.5, 0.6) is 5.88 Å². The van der Waals surface area contributed by atoms with Gasteiger partial charge in [-0.3, -0.25) is 0 Å². The molecule has 0 N–H and O–H groups in total. The van der Waals surface area contributed by atoms with Gasteiger partial charge in [0.25, 0.3) is 0 Å². The van der Waals surface area contributed by atoms with Crippen molar-refractivity contribution in [3.05, 3.63) is 59.8 Å². The van der Waals surface area contributed by atoms with E-state index in [4.69, 9.17) is 9.47 Å². The average molecular weight is 354 g/mol. The Morgan fingerprint density at radius 1 is 1.19 bits per heavy atom. The number of ether oxygens (including phenoxy) is 2. The van der Waals surface area contributed by atoms with E-state index >= 15 is 0 Å². The zero-order chi connectivity index (χ0) is 18.4. The van der Waals surface area contributed by atoms with Crippen molar-refractivity contribution in [1.82, 2.24) is 9.88 Å². The maximum Gasteiger partial charge on any atom is 0.410 e. The number of carbonyl (C=O) groups excluding carboxylic acids is 1. The van der Waals surface area contributed by atoms with Gasteiger partial charge in [0.2, 0.25) is 5.88 Å². The Hall–Kier alpha value is -2.56. The lowest BCUT2D eigenvalue weighted by molar-refractivity contribution is 0.0666. The molecule has 2 heterocycles. The molecule has 1 aliphatic heterocycles. The Bertz CT molecular complexity index is 718. The van der Waals surface area contributed by atoms with Crippen LogP contribution in [0.25, 0.3) is 0 Å². The zero-order valence-electron chi connectivity index (χ0n) is 15.4. The van der Waals surface area contributed by atoms with E-state index < -0.39 is 0 Å². The van der Waals surface area contributed by atoms with Crippen molar-refractivity contribution >= 4 is 6.09 Å². The molecule has 1 aliphatic rings. The second kappa shape index (κ2) is 8.70. The molecule has 1 atom stereocenters. The van der Waals surface area contributed by atoms with Gasteiger partial charge in [0, 0.05) is 18.3 Å². The van der Waals surface area contributed by atoms with Gasteiger partial charge in [-0.2, -0.15) is 0 Å². The van der Waals surface area contributed by atoms with E-state index in [2.05, 4.69) is 4.98 Å². The molecular weight excluding hydrogens is 328 g/mol. The molecule has 138 valence electrons. The number of hydrogen-bond donors (Lipinski definition) is 0. The minimum Gasteiger partial charge on any atom is -0.475 e. The van der Waals surface area contributed by atoms with Gasteiger partial charge >= 0.3 is 6.09 Å². The fraction of sp³-hybridized carbons (Fsp3) is 0.429. The Morgan fingerprint density at radius 3 is 2.77 bits per heavy atom. The summed E-state index contributed by atoms with van der Waals surface area (Å²) in [6.45, 7) is 4.93. The molecule has 1 amide bonds. The largest absolute Gasteiger partial charge is 0.475 e. The van der Waals surface area contributed by atoms with E-state index in [1.165, 1.54) is 0 Å². The van der Waals surface area contributed by atoms with Crippen molar-refractivity contribution in [2.24, 2.45) is 0 Å². The number of aromatic nitrogens is 1. The molecule has 3 rings (SSSR count). The first kappa shape index (κ1) is 18.2. The number of likely N-dealkylation sites (tertiary alicyclic amines) is 1. The number of nitrogens with zero attached hydrogens (tertiary/aromatic N) is 2. The molecule has 1 unspecified atom stereocenters. The van der Waals surface area contributed by atoms with Crippen LogP contribution in [0.3, 0.4) is 0 Å². The molecule has 0 bridgehead atoms. The van der Waals surface area contributed by atoms with Gasteiger partial charge in [0.1, 0.15) is 6.61 Å². The summed E-state index contributed by atoms with van der Waals surface area (Å²) < 4.78 is 11.4. The first-order valence-corrected chi connectivity index (χ1v) is 9.24. The highest BCUT2D eigenvalue weighted by Gasteiger charge is 2.31. The molecular formula is C21H26N2O3. The monoisotopic (exact) mass is 354 g/mol. The highest BCUT2D eigenvalue weighted by atomic mass is 16.6. The Morgan fingerprint density at radius 2 is 2.00 bits per heavy atom. The van der Waals surface area contributed by atoms with Crippen LogP contribution in [-0.2, 0) is 11.3 Å². The van der Waals surface area contributed by atoms with Crippen LogP contribution in [0, 0.1) is 0 Å². The van der Waals surface area contributed by atoms with E-state index in [-0.39, 0.29) is 24.8 Å². The lowest BCUT2D eigenvalue weighted by Crippen LogP contribution is -2.39. The van der Waals surface area contributed by atoms with Gasteiger partial charge in [-0.25, -0.2) is 9.78 Å². The fourth-order valence-corrected chi connectivity index (χ4v) is 3.25. The SMILES string of the molecule is CC(C)Oc1ncccc1C1CCCCN1C(=O)OCc1ccccc1. The summed E-state index contributed by atoms with van der Waals surface area (Å²) in [5.41, 5.74) is 1.94. The summed E-state index contributed by atoms with van der Waals surface area (Å²) >= 11 is 0. The minimum absolute atomic E-state index is 0.0331. The van der Waals surface area contributed by atoms with Crippen LogP contribution in [-0.4, -0.2) is 28.6 Å². The molecule has 1 aromatic heterocycles. The predicted molar refractivity (Wildman–Crippen MR) is 99.9 cm³/mol. The van der Waals surface area contributed by atoms with Crippen molar-refractivity contribution in [3.8, 4) is 5.88 Å². The van der Waals surface area contributed by atoms with Gasteiger partial charge in [-0.15, -0.1) is 0 Å². The average Bonchev–Trinajstić information content (AvgIpc) is 2.67. The number of pyridine rings is 1. The lowest BCUT2D eigenvalue weighted by atomic mass is 9.96. The molecule has 0 saturated carbocycles. The number of carbonyl (C=O) groups is 1. The van der Waals surface area contributed by atoms with Crippen molar-refractivity contribution in [3.63, 3.8) is 0 Å². The third kappa shape index (κ3) is 4.54. The molecule has 1 aromatic carbocycles. The fourth-order valence-electron chi connectivity index (χ4n) is 3.25. The van der Waals surface area contributed by atoms with Crippen molar-refractivity contribution in [1.29, 1.82) is 0 Å². The van der Waals surface area contributed by atoms with Crippen LogP contribution < -0.4 is 4.74 Å². The molecule has 5 nitrogen and oxygen atoms in total. The molecule has 0 aliphatic carbocycles. The van der Waals surface area contributed by atoms with Crippen LogP contribution in [0.2, 0.25) is 0 Å². The summed E-state index contributed by atoms with van der Waals surface area (Å²) in [4.78, 5) is 18.9. The number of piperidine rings is 1. The van der Waals surface area contributed by atoms with E-state index in [1.54, 1.807) is 6.20 Å². The number of hydrogen-bond acceptors (Lipinski definition) is 4. The topological polar surface area (TPSA) is 51.7 Å². The Balaban J connectivity index is 1.74. The van der Waals surface area contributed by atoms with E-state index in [0.29, 0.717) is 12.4 Å². The van der Waals surface area contributed by atoms with Gasteiger partial charge in [-0.1, -0.05) is 36.4 Å². The van der Waals surface area contributed by atoms with Crippen LogP contribution in [0.4, 0.5) is 4.79 Å². The molecule has 0 spiro atoms. The second-order valence-corrected chi connectivity index (χ2v) is 6.81. The molecule has 26 heavy (non-hydrogen) atoms. The first-order valence-electron chi connectivity index (χ1n) is 9.24. The van der Waals surface area contributed by atoms with Crippen LogP contribution in [0.1, 0.15) is 50.3 Å². The zero-order valence-corrected chi connectivity index (χ0v) is 15.4. The van der Waals surface area contributed by atoms with Crippen molar-refractivity contribution in [2.75, 3.05) is 6.54 Å². The third-order valence-electron chi connectivity index (χ3n) is 4.45. The number of amides is 1. The number of rotatable bonds is 5. The number of benzene rings is 1. The van der Waals surface area contributed by atoms with Gasteiger partial charge in [0.05, 0.1) is 12.1 Å². The van der Waals surface area contributed by atoms with Crippen molar-refractivity contribution < 1.29 is 14.3 Å². The summed E-state index contributed by atoms with van der Waals surface area (Å²) in [5.74, 6) is 0.607. The molecule has 5 heteroatoms. The molecule has 2 aromatic rings. The smallest absolute Gasteiger partial charge is 0.410 e. The highest BCUT2D eigenvalue weighted by molar-refractivity contribution is 5.68. The maximum atomic E-state index is 12.7. The van der Waals surface area contributed by atoms with Crippen molar-refractivity contribution in [2.45, 2.75) is 51.9 Å². The quantitative estimate of drug-likeness (QED) is 0.779. The maximum absolute atomic E-state index is 12.7. The summed E-state index contributed by atoms with van der Waals surface area (Å²) in [5, 5.41) is 0. The normalized spacial score (nSPS) is 17.2. The lowest BCUT2D eigenvalue weighted by Gasteiger charge is -2.35. The van der Waals surface area contributed by atoms with E-state index in [0.717, 1.165) is 30.4 Å². The van der Waals surface area contributed by atoms with Crippen LogP contribution in [0.15, 0.2) is 48.7 Å².